The number of nitro groups is 1. The van der Waals surface area contributed by atoms with Crippen molar-refractivity contribution in [2.24, 2.45) is 0 Å². The molecule has 0 bridgehead atoms. The molecule has 3 rings (SSSR count). The highest BCUT2D eigenvalue weighted by Crippen LogP contribution is 2.23. The SMILES string of the molecule is O=[N+]([O-])c1cccc(S(=O)(=O)N2CCN(Cc3c(F)cccc3F)CC2)c1. The van der Waals surface area contributed by atoms with E-state index in [0.29, 0.717) is 13.1 Å². The number of benzene rings is 2. The number of nitro benzene ring substituents is 1. The van der Waals surface area contributed by atoms with E-state index in [1.165, 1.54) is 40.7 Å². The number of non-ortho nitro benzene ring substituents is 1. The van der Waals surface area contributed by atoms with Crippen LogP contribution >= 0.6 is 0 Å². The molecule has 27 heavy (non-hydrogen) atoms. The van der Waals surface area contributed by atoms with Crippen molar-refractivity contribution < 1.29 is 22.1 Å². The maximum atomic E-state index is 13.8. The van der Waals surface area contributed by atoms with Crippen molar-refractivity contribution in [2.75, 3.05) is 26.2 Å². The van der Waals surface area contributed by atoms with Gasteiger partial charge in [0, 0.05) is 50.4 Å². The Morgan fingerprint density at radius 1 is 1.00 bits per heavy atom. The Morgan fingerprint density at radius 2 is 1.59 bits per heavy atom. The Morgan fingerprint density at radius 3 is 2.19 bits per heavy atom. The highest BCUT2D eigenvalue weighted by Gasteiger charge is 2.30. The van der Waals surface area contributed by atoms with Crippen LogP contribution in [0.4, 0.5) is 14.5 Å². The topological polar surface area (TPSA) is 83.8 Å². The third-order valence-electron chi connectivity index (χ3n) is 4.44. The van der Waals surface area contributed by atoms with E-state index in [9.17, 15) is 27.3 Å². The monoisotopic (exact) mass is 397 g/mol. The minimum absolute atomic E-state index is 0.0448. The first kappa shape index (κ1) is 19.3. The Labute approximate surface area is 155 Å². The fourth-order valence-corrected chi connectivity index (χ4v) is 4.40. The number of nitrogens with zero attached hydrogens (tertiary/aromatic N) is 3. The predicted octanol–water partition coefficient (Wildman–Crippen LogP) is 2.38. The zero-order valence-corrected chi connectivity index (χ0v) is 15.0. The second-order valence-corrected chi connectivity index (χ2v) is 8.07. The van der Waals surface area contributed by atoms with E-state index in [-0.39, 0.29) is 35.8 Å². The average molecular weight is 397 g/mol. The third-order valence-corrected chi connectivity index (χ3v) is 6.34. The van der Waals surface area contributed by atoms with E-state index in [2.05, 4.69) is 0 Å². The summed E-state index contributed by atoms with van der Waals surface area (Å²) < 4.78 is 54.2. The van der Waals surface area contributed by atoms with Gasteiger partial charge in [0.1, 0.15) is 11.6 Å². The van der Waals surface area contributed by atoms with E-state index >= 15 is 0 Å². The molecule has 0 amide bonds. The molecular weight excluding hydrogens is 380 g/mol. The van der Waals surface area contributed by atoms with E-state index in [0.717, 1.165) is 6.07 Å². The maximum Gasteiger partial charge on any atom is 0.270 e. The molecule has 1 heterocycles. The molecule has 0 unspecified atom stereocenters. The van der Waals surface area contributed by atoms with Crippen LogP contribution in [-0.2, 0) is 16.6 Å². The Bertz CT molecular complexity index is 940. The first-order valence-electron chi connectivity index (χ1n) is 8.19. The van der Waals surface area contributed by atoms with Gasteiger partial charge in [-0.05, 0) is 18.2 Å². The van der Waals surface area contributed by atoms with Crippen molar-refractivity contribution in [1.82, 2.24) is 9.21 Å². The summed E-state index contributed by atoms with van der Waals surface area (Å²) in [5, 5.41) is 10.9. The van der Waals surface area contributed by atoms with Gasteiger partial charge in [-0.1, -0.05) is 12.1 Å². The minimum Gasteiger partial charge on any atom is -0.296 e. The lowest BCUT2D eigenvalue weighted by molar-refractivity contribution is -0.385. The Balaban J connectivity index is 1.70. The van der Waals surface area contributed by atoms with Crippen LogP contribution < -0.4 is 0 Å². The van der Waals surface area contributed by atoms with Crippen LogP contribution in [-0.4, -0.2) is 48.7 Å². The second kappa shape index (κ2) is 7.67. The van der Waals surface area contributed by atoms with Crippen LogP contribution in [0.5, 0.6) is 0 Å². The third kappa shape index (κ3) is 4.12. The summed E-state index contributed by atoms with van der Waals surface area (Å²) in [6, 6.07) is 8.53. The van der Waals surface area contributed by atoms with Crippen molar-refractivity contribution in [3.63, 3.8) is 0 Å². The predicted molar refractivity (Wildman–Crippen MR) is 93.5 cm³/mol. The molecular formula is C17H17F2N3O4S. The van der Waals surface area contributed by atoms with Gasteiger partial charge in [-0.3, -0.25) is 15.0 Å². The molecule has 0 radical (unpaired) electrons. The van der Waals surface area contributed by atoms with Crippen molar-refractivity contribution in [1.29, 1.82) is 0 Å². The summed E-state index contributed by atoms with van der Waals surface area (Å²) in [5.41, 5.74) is -0.350. The summed E-state index contributed by atoms with van der Waals surface area (Å²) in [5.74, 6) is -1.27. The smallest absolute Gasteiger partial charge is 0.270 e. The summed E-state index contributed by atoms with van der Waals surface area (Å²) in [7, 11) is -3.88. The zero-order chi connectivity index (χ0) is 19.6. The molecule has 1 aliphatic rings. The van der Waals surface area contributed by atoms with Gasteiger partial charge in [-0.15, -0.1) is 0 Å². The lowest BCUT2D eigenvalue weighted by Gasteiger charge is -2.34. The van der Waals surface area contributed by atoms with Crippen molar-refractivity contribution in [3.05, 3.63) is 69.8 Å². The van der Waals surface area contributed by atoms with Crippen LogP contribution in [0.3, 0.4) is 0 Å². The lowest BCUT2D eigenvalue weighted by Crippen LogP contribution is -2.48. The molecule has 10 heteroatoms. The number of halogens is 2. The standard InChI is InChI=1S/C17H17F2N3O4S/c18-16-5-2-6-17(19)15(16)12-20-7-9-21(10-8-20)27(25,26)14-4-1-3-13(11-14)22(23)24/h1-6,11H,7-10,12H2. The molecule has 1 aliphatic heterocycles. The minimum atomic E-state index is -3.88. The van der Waals surface area contributed by atoms with Gasteiger partial charge in [0.05, 0.1) is 9.82 Å². The summed E-state index contributed by atoms with van der Waals surface area (Å²) in [6.07, 6.45) is 0. The number of piperazine rings is 1. The second-order valence-electron chi connectivity index (χ2n) is 6.13. The first-order chi connectivity index (χ1) is 12.8. The molecule has 0 spiro atoms. The lowest BCUT2D eigenvalue weighted by atomic mass is 10.1. The van der Waals surface area contributed by atoms with Crippen LogP contribution in [0.15, 0.2) is 47.4 Å². The summed E-state index contributed by atoms with van der Waals surface area (Å²) in [4.78, 5) is 11.8. The molecule has 0 N–H and O–H groups in total. The van der Waals surface area contributed by atoms with E-state index in [4.69, 9.17) is 0 Å². The molecule has 2 aromatic rings. The molecule has 0 aromatic heterocycles. The molecule has 0 aliphatic carbocycles. The van der Waals surface area contributed by atoms with Gasteiger partial charge in [0.15, 0.2) is 0 Å². The van der Waals surface area contributed by atoms with Crippen LogP contribution in [0.1, 0.15) is 5.56 Å². The quantitative estimate of drug-likeness (QED) is 0.571. The normalized spacial score (nSPS) is 16.4. The van der Waals surface area contributed by atoms with E-state index in [1.54, 1.807) is 4.90 Å². The van der Waals surface area contributed by atoms with Crippen molar-refractivity contribution in [2.45, 2.75) is 11.4 Å². The molecule has 0 saturated carbocycles. The van der Waals surface area contributed by atoms with Gasteiger partial charge in [0.2, 0.25) is 10.0 Å². The van der Waals surface area contributed by atoms with Crippen LogP contribution in [0, 0.1) is 21.7 Å². The van der Waals surface area contributed by atoms with Gasteiger partial charge in [-0.25, -0.2) is 17.2 Å². The highest BCUT2D eigenvalue weighted by atomic mass is 32.2. The van der Waals surface area contributed by atoms with Gasteiger partial charge < -0.3 is 0 Å². The number of rotatable bonds is 5. The fraction of sp³-hybridized carbons (Fsp3) is 0.294. The van der Waals surface area contributed by atoms with Crippen molar-refractivity contribution in [3.8, 4) is 0 Å². The molecule has 144 valence electrons. The Hall–Kier alpha value is -2.43. The molecule has 1 fully saturated rings. The average Bonchev–Trinajstić information content (AvgIpc) is 2.65. The van der Waals surface area contributed by atoms with Gasteiger partial charge in [0.25, 0.3) is 5.69 Å². The first-order valence-corrected chi connectivity index (χ1v) is 9.63. The fourth-order valence-electron chi connectivity index (χ4n) is 2.94. The number of sulfonamides is 1. The van der Waals surface area contributed by atoms with E-state index < -0.39 is 26.6 Å². The maximum absolute atomic E-state index is 13.8. The van der Waals surface area contributed by atoms with Gasteiger partial charge >= 0.3 is 0 Å². The highest BCUT2D eigenvalue weighted by molar-refractivity contribution is 7.89. The van der Waals surface area contributed by atoms with Crippen LogP contribution in [0.25, 0.3) is 0 Å². The van der Waals surface area contributed by atoms with Crippen LogP contribution in [0.2, 0.25) is 0 Å². The Kier molecular flexibility index (Phi) is 5.49. The van der Waals surface area contributed by atoms with Gasteiger partial charge in [-0.2, -0.15) is 4.31 Å². The molecule has 2 aromatic carbocycles. The molecule has 0 atom stereocenters. The molecule has 1 saturated heterocycles. The van der Waals surface area contributed by atoms with Crippen molar-refractivity contribution >= 4 is 15.7 Å². The largest absolute Gasteiger partial charge is 0.296 e. The molecule has 7 nitrogen and oxygen atoms in total. The number of hydrogen-bond acceptors (Lipinski definition) is 5. The zero-order valence-electron chi connectivity index (χ0n) is 14.2. The number of hydrogen-bond donors (Lipinski definition) is 0. The summed E-state index contributed by atoms with van der Waals surface area (Å²) in [6.45, 7) is 0.884. The van der Waals surface area contributed by atoms with E-state index in [1.807, 2.05) is 0 Å². The summed E-state index contributed by atoms with van der Waals surface area (Å²) >= 11 is 0.